The van der Waals surface area contributed by atoms with Crippen molar-refractivity contribution in [1.82, 2.24) is 9.71 Å². The Labute approximate surface area is 125 Å². The Kier molecular flexibility index (Phi) is 4.88. The van der Waals surface area contributed by atoms with Crippen molar-refractivity contribution in [3.05, 3.63) is 17.3 Å². The minimum absolute atomic E-state index is 0.0571. The van der Waals surface area contributed by atoms with Gasteiger partial charge in [0.1, 0.15) is 10.7 Å². The molecule has 7 heteroatoms. The maximum absolute atomic E-state index is 12.2. The van der Waals surface area contributed by atoms with Crippen molar-refractivity contribution in [1.29, 1.82) is 0 Å². The van der Waals surface area contributed by atoms with E-state index < -0.39 is 10.0 Å². The summed E-state index contributed by atoms with van der Waals surface area (Å²) >= 11 is 6.06. The average Bonchev–Trinajstić information content (AvgIpc) is 3.14. The van der Waals surface area contributed by atoms with Crippen molar-refractivity contribution < 1.29 is 8.42 Å². The van der Waals surface area contributed by atoms with Gasteiger partial charge in [-0.15, -0.1) is 0 Å². The van der Waals surface area contributed by atoms with E-state index in [9.17, 15) is 8.42 Å². The fourth-order valence-electron chi connectivity index (χ4n) is 2.05. The molecule has 2 atom stereocenters. The zero-order chi connectivity index (χ0) is 14.8. The Morgan fingerprint density at radius 3 is 2.75 bits per heavy atom. The van der Waals surface area contributed by atoms with Crippen LogP contribution in [-0.4, -0.2) is 26.0 Å². The van der Waals surface area contributed by atoms with E-state index in [0.717, 1.165) is 25.8 Å². The first-order valence-corrected chi connectivity index (χ1v) is 8.75. The van der Waals surface area contributed by atoms with Crippen LogP contribution >= 0.6 is 11.6 Å². The summed E-state index contributed by atoms with van der Waals surface area (Å²) in [6.45, 7) is 4.84. The Morgan fingerprint density at radius 2 is 2.20 bits per heavy atom. The number of pyridine rings is 1. The van der Waals surface area contributed by atoms with Crippen LogP contribution in [0.4, 0.5) is 5.82 Å². The molecular formula is C13H20ClN3O2S. The van der Waals surface area contributed by atoms with Crippen LogP contribution < -0.4 is 10.0 Å². The molecule has 0 spiro atoms. The normalized spacial score (nSPS) is 21.8. The molecule has 0 saturated heterocycles. The third kappa shape index (κ3) is 3.62. The van der Waals surface area contributed by atoms with E-state index in [0.29, 0.717) is 16.8 Å². The lowest BCUT2D eigenvalue weighted by atomic mass is 10.3. The van der Waals surface area contributed by atoms with Gasteiger partial charge in [0, 0.05) is 18.8 Å². The van der Waals surface area contributed by atoms with E-state index in [1.54, 1.807) is 0 Å². The van der Waals surface area contributed by atoms with Gasteiger partial charge in [-0.05, 0) is 24.8 Å². The van der Waals surface area contributed by atoms with Crippen LogP contribution in [0.1, 0.15) is 33.1 Å². The predicted octanol–water partition coefficient (Wildman–Crippen LogP) is 2.63. The Bertz CT molecular complexity index is 577. The number of nitrogens with zero attached hydrogens (tertiary/aromatic N) is 1. The summed E-state index contributed by atoms with van der Waals surface area (Å²) in [7, 11) is -3.52. The molecule has 0 amide bonds. The maximum atomic E-state index is 12.2. The average molecular weight is 318 g/mol. The fraction of sp³-hybridized carbons (Fsp3) is 0.615. The summed E-state index contributed by atoms with van der Waals surface area (Å²) in [5, 5.41) is 3.38. The third-order valence-electron chi connectivity index (χ3n) is 3.42. The summed E-state index contributed by atoms with van der Waals surface area (Å²) in [5.74, 6) is 0.976. The van der Waals surface area contributed by atoms with Crippen LogP contribution in [0.3, 0.4) is 0 Å². The maximum Gasteiger partial charge on any atom is 0.242 e. The highest BCUT2D eigenvalue weighted by Crippen LogP contribution is 2.34. The molecule has 1 saturated carbocycles. The van der Waals surface area contributed by atoms with E-state index >= 15 is 0 Å². The van der Waals surface area contributed by atoms with E-state index in [1.165, 1.54) is 12.3 Å². The van der Waals surface area contributed by atoms with Crippen LogP contribution in [-0.2, 0) is 10.0 Å². The van der Waals surface area contributed by atoms with E-state index in [4.69, 9.17) is 11.6 Å². The van der Waals surface area contributed by atoms with Crippen LogP contribution in [0.2, 0.25) is 5.02 Å². The Morgan fingerprint density at radius 1 is 1.45 bits per heavy atom. The molecular weight excluding hydrogens is 298 g/mol. The summed E-state index contributed by atoms with van der Waals surface area (Å²) in [6, 6.07) is 1.50. The predicted molar refractivity (Wildman–Crippen MR) is 80.5 cm³/mol. The molecule has 112 valence electrons. The summed E-state index contributed by atoms with van der Waals surface area (Å²) in [4.78, 5) is 4.20. The van der Waals surface area contributed by atoms with Gasteiger partial charge in [0.05, 0.1) is 5.02 Å². The number of anilines is 1. The van der Waals surface area contributed by atoms with Gasteiger partial charge in [-0.2, -0.15) is 0 Å². The van der Waals surface area contributed by atoms with Crippen molar-refractivity contribution in [3.63, 3.8) is 0 Å². The topological polar surface area (TPSA) is 71.1 Å². The largest absolute Gasteiger partial charge is 0.369 e. The molecule has 1 fully saturated rings. The van der Waals surface area contributed by atoms with Gasteiger partial charge in [-0.1, -0.05) is 31.9 Å². The van der Waals surface area contributed by atoms with E-state index in [1.807, 2.05) is 6.92 Å². The molecule has 2 unspecified atom stereocenters. The lowest BCUT2D eigenvalue weighted by Crippen LogP contribution is -2.27. The van der Waals surface area contributed by atoms with Gasteiger partial charge >= 0.3 is 0 Å². The highest BCUT2D eigenvalue weighted by Gasteiger charge is 2.38. The third-order valence-corrected chi connectivity index (χ3v) is 5.17. The molecule has 20 heavy (non-hydrogen) atoms. The molecule has 0 aliphatic heterocycles. The SMILES string of the molecule is CCCNc1ncc(S(=O)(=O)NC2CC2CC)cc1Cl. The zero-order valence-corrected chi connectivity index (χ0v) is 13.3. The van der Waals surface area contributed by atoms with E-state index in [-0.39, 0.29) is 10.9 Å². The van der Waals surface area contributed by atoms with Crippen molar-refractivity contribution >= 4 is 27.4 Å². The molecule has 1 aromatic heterocycles. The van der Waals surface area contributed by atoms with E-state index in [2.05, 4.69) is 21.9 Å². The number of aromatic nitrogens is 1. The number of halogens is 1. The smallest absolute Gasteiger partial charge is 0.242 e. The second-order valence-corrected chi connectivity index (χ2v) is 7.18. The molecule has 1 aliphatic carbocycles. The lowest BCUT2D eigenvalue weighted by Gasteiger charge is -2.09. The summed E-state index contributed by atoms with van der Waals surface area (Å²) < 4.78 is 27.1. The molecule has 5 nitrogen and oxygen atoms in total. The van der Waals surface area contributed by atoms with Crippen molar-refractivity contribution in [2.75, 3.05) is 11.9 Å². The van der Waals surface area contributed by atoms with Crippen molar-refractivity contribution in [2.45, 2.75) is 44.0 Å². The molecule has 0 aromatic carbocycles. The van der Waals surface area contributed by atoms with Crippen molar-refractivity contribution in [2.24, 2.45) is 5.92 Å². The van der Waals surface area contributed by atoms with Gasteiger partial charge in [0.25, 0.3) is 0 Å². The van der Waals surface area contributed by atoms with Crippen LogP contribution in [0.5, 0.6) is 0 Å². The van der Waals surface area contributed by atoms with Gasteiger partial charge in [0.2, 0.25) is 10.0 Å². The molecule has 0 bridgehead atoms. The summed E-state index contributed by atoms with van der Waals surface area (Å²) in [6.07, 6.45) is 4.19. The molecule has 1 heterocycles. The van der Waals surface area contributed by atoms with Gasteiger partial charge in [0.15, 0.2) is 0 Å². The molecule has 1 aromatic rings. The van der Waals surface area contributed by atoms with Crippen LogP contribution in [0.25, 0.3) is 0 Å². The van der Waals surface area contributed by atoms with Crippen LogP contribution in [0, 0.1) is 5.92 Å². The Hall–Kier alpha value is -0.850. The second-order valence-electron chi connectivity index (χ2n) is 5.06. The molecule has 1 aliphatic rings. The van der Waals surface area contributed by atoms with Crippen LogP contribution in [0.15, 0.2) is 17.2 Å². The first kappa shape index (κ1) is 15.5. The fourth-order valence-corrected chi connectivity index (χ4v) is 3.64. The van der Waals surface area contributed by atoms with Gasteiger partial charge in [-0.25, -0.2) is 18.1 Å². The standard InChI is InChI=1S/C13H20ClN3O2S/c1-3-5-15-13-11(14)7-10(8-16-13)20(18,19)17-12-6-9(12)4-2/h7-9,12,17H,3-6H2,1-2H3,(H,15,16). The lowest BCUT2D eigenvalue weighted by molar-refractivity contribution is 0.575. The number of nitrogens with one attached hydrogen (secondary N) is 2. The highest BCUT2D eigenvalue weighted by atomic mass is 35.5. The van der Waals surface area contributed by atoms with Gasteiger partial charge < -0.3 is 5.32 Å². The molecule has 2 N–H and O–H groups in total. The van der Waals surface area contributed by atoms with Gasteiger partial charge in [-0.3, -0.25) is 0 Å². The molecule has 2 rings (SSSR count). The Balaban J connectivity index is 2.10. The number of hydrogen-bond donors (Lipinski definition) is 2. The van der Waals surface area contributed by atoms with Crippen molar-refractivity contribution in [3.8, 4) is 0 Å². The number of rotatable bonds is 7. The minimum atomic E-state index is -3.52. The second kappa shape index (κ2) is 6.28. The summed E-state index contributed by atoms with van der Waals surface area (Å²) in [5.41, 5.74) is 0. The highest BCUT2D eigenvalue weighted by molar-refractivity contribution is 7.89. The first-order valence-electron chi connectivity index (χ1n) is 6.89. The zero-order valence-electron chi connectivity index (χ0n) is 11.7. The monoisotopic (exact) mass is 317 g/mol. The number of sulfonamides is 1. The quantitative estimate of drug-likeness (QED) is 0.811. The first-order chi connectivity index (χ1) is 9.47. The number of hydrogen-bond acceptors (Lipinski definition) is 4. The minimum Gasteiger partial charge on any atom is -0.369 e. The molecule has 0 radical (unpaired) electrons.